The molecular formula is C19H15NO5S. The molecule has 132 valence electrons. The zero-order chi connectivity index (χ0) is 18.7. The van der Waals surface area contributed by atoms with Gasteiger partial charge in [-0.15, -0.1) is 0 Å². The number of benzene rings is 2. The number of nitrogens with one attached hydrogen (secondary N) is 1. The Kier molecular flexibility index (Phi) is 5.09. The highest BCUT2D eigenvalue weighted by Gasteiger charge is 2.31. The van der Waals surface area contributed by atoms with Crippen molar-refractivity contribution < 1.29 is 24.6 Å². The minimum absolute atomic E-state index is 0.228. The predicted molar refractivity (Wildman–Crippen MR) is 98.2 cm³/mol. The van der Waals surface area contributed by atoms with E-state index in [2.05, 4.69) is 5.32 Å². The van der Waals surface area contributed by atoms with Gasteiger partial charge in [-0.3, -0.25) is 19.7 Å². The van der Waals surface area contributed by atoms with E-state index in [1.807, 2.05) is 0 Å². The smallest absolute Gasteiger partial charge is 0.286 e. The van der Waals surface area contributed by atoms with Crippen LogP contribution in [0.4, 0.5) is 4.79 Å². The second kappa shape index (κ2) is 7.45. The number of amides is 2. The SMILES string of the molecule is O=C1NC(=O)C(Cc2cccc(C(=O)C=Cc3ccc(O)c(O)c3)c2)S1. The van der Waals surface area contributed by atoms with Crippen LogP contribution in [0, 0.1) is 0 Å². The van der Waals surface area contributed by atoms with Gasteiger partial charge >= 0.3 is 0 Å². The number of hydrogen-bond acceptors (Lipinski definition) is 6. The summed E-state index contributed by atoms with van der Waals surface area (Å²) in [7, 11) is 0. The molecule has 6 nitrogen and oxygen atoms in total. The molecule has 2 aromatic rings. The van der Waals surface area contributed by atoms with Crippen molar-refractivity contribution >= 4 is 34.8 Å². The fraction of sp³-hybridized carbons (Fsp3) is 0.105. The number of thioether (sulfide) groups is 1. The van der Waals surface area contributed by atoms with Crippen molar-refractivity contribution in [3.63, 3.8) is 0 Å². The van der Waals surface area contributed by atoms with Crippen molar-refractivity contribution in [3.8, 4) is 11.5 Å². The van der Waals surface area contributed by atoms with E-state index in [9.17, 15) is 24.6 Å². The van der Waals surface area contributed by atoms with E-state index in [1.165, 1.54) is 24.3 Å². The second-order valence-electron chi connectivity index (χ2n) is 5.73. The minimum Gasteiger partial charge on any atom is -0.504 e. The summed E-state index contributed by atoms with van der Waals surface area (Å²) in [5.41, 5.74) is 1.81. The van der Waals surface area contributed by atoms with Crippen molar-refractivity contribution in [2.24, 2.45) is 0 Å². The summed E-state index contributed by atoms with van der Waals surface area (Å²) in [6.45, 7) is 0. The molecule has 1 aliphatic heterocycles. The van der Waals surface area contributed by atoms with Crippen LogP contribution in [0.25, 0.3) is 6.08 Å². The second-order valence-corrected chi connectivity index (χ2v) is 6.91. The Hall–Kier alpha value is -3.06. The van der Waals surface area contributed by atoms with Crippen LogP contribution in [-0.2, 0) is 11.2 Å². The molecule has 3 rings (SSSR count). The van der Waals surface area contributed by atoms with Crippen molar-refractivity contribution in [3.05, 3.63) is 65.2 Å². The van der Waals surface area contributed by atoms with Gasteiger partial charge in [0.2, 0.25) is 5.91 Å². The number of phenols is 2. The molecule has 2 amide bonds. The lowest BCUT2D eigenvalue weighted by atomic mass is 10.0. The summed E-state index contributed by atoms with van der Waals surface area (Å²) in [4.78, 5) is 35.2. The van der Waals surface area contributed by atoms with E-state index in [-0.39, 0.29) is 28.4 Å². The predicted octanol–water partition coefficient (Wildman–Crippen LogP) is 2.89. The summed E-state index contributed by atoms with van der Waals surface area (Å²) < 4.78 is 0. The third-order valence-electron chi connectivity index (χ3n) is 3.83. The highest BCUT2D eigenvalue weighted by molar-refractivity contribution is 8.15. The average Bonchev–Trinajstić information content (AvgIpc) is 2.93. The van der Waals surface area contributed by atoms with Crippen LogP contribution in [0.1, 0.15) is 21.5 Å². The number of ketones is 1. The molecule has 3 N–H and O–H groups in total. The van der Waals surface area contributed by atoms with Gasteiger partial charge in [0.15, 0.2) is 17.3 Å². The van der Waals surface area contributed by atoms with E-state index in [4.69, 9.17) is 0 Å². The van der Waals surface area contributed by atoms with Crippen LogP contribution >= 0.6 is 11.8 Å². The van der Waals surface area contributed by atoms with Crippen molar-refractivity contribution in [1.29, 1.82) is 0 Å². The first-order chi connectivity index (χ1) is 12.4. The standard InChI is InChI=1S/C19H15NO5S/c21-14(6-4-11-5-7-15(22)16(23)9-11)13-3-1-2-12(8-13)10-17-18(24)20-19(25)26-17/h1-9,17,22-23H,10H2,(H,20,24,25). The Bertz CT molecular complexity index is 922. The van der Waals surface area contributed by atoms with Gasteiger partial charge in [0.25, 0.3) is 5.24 Å². The highest BCUT2D eigenvalue weighted by Crippen LogP contribution is 2.26. The lowest BCUT2D eigenvalue weighted by Crippen LogP contribution is -2.25. The van der Waals surface area contributed by atoms with Gasteiger partial charge in [0.05, 0.1) is 5.25 Å². The van der Waals surface area contributed by atoms with E-state index >= 15 is 0 Å². The molecular weight excluding hydrogens is 354 g/mol. The molecule has 0 aliphatic carbocycles. The average molecular weight is 369 g/mol. The van der Waals surface area contributed by atoms with Gasteiger partial charge in [0.1, 0.15) is 0 Å². The van der Waals surface area contributed by atoms with E-state index in [0.29, 0.717) is 17.5 Å². The number of phenolic OH excluding ortho intramolecular Hbond substituents is 2. The molecule has 1 aliphatic rings. The lowest BCUT2D eigenvalue weighted by Gasteiger charge is -2.06. The Labute approximate surface area is 153 Å². The summed E-state index contributed by atoms with van der Waals surface area (Å²) in [5, 5.41) is 20.2. The van der Waals surface area contributed by atoms with Crippen LogP contribution in [-0.4, -0.2) is 32.4 Å². The Balaban J connectivity index is 1.71. The molecule has 1 fully saturated rings. The largest absolute Gasteiger partial charge is 0.504 e. The number of carbonyl (C=O) groups excluding carboxylic acids is 3. The molecule has 1 unspecified atom stereocenters. The van der Waals surface area contributed by atoms with E-state index in [1.54, 1.807) is 30.3 Å². The van der Waals surface area contributed by atoms with Crippen LogP contribution in [0.5, 0.6) is 11.5 Å². The summed E-state index contributed by atoms with van der Waals surface area (Å²) >= 11 is 0.950. The first-order valence-corrected chi connectivity index (χ1v) is 8.65. The van der Waals surface area contributed by atoms with Gasteiger partial charge in [-0.25, -0.2) is 0 Å². The van der Waals surface area contributed by atoms with Gasteiger partial charge in [-0.1, -0.05) is 42.1 Å². The maximum absolute atomic E-state index is 12.3. The first-order valence-electron chi connectivity index (χ1n) is 7.77. The minimum atomic E-state index is -0.483. The van der Waals surface area contributed by atoms with Crippen molar-refractivity contribution in [2.45, 2.75) is 11.7 Å². The van der Waals surface area contributed by atoms with Gasteiger partial charge in [-0.05, 0) is 41.8 Å². The molecule has 26 heavy (non-hydrogen) atoms. The molecule has 0 radical (unpaired) electrons. The maximum atomic E-state index is 12.3. The first kappa shape index (κ1) is 17.8. The van der Waals surface area contributed by atoms with Crippen LogP contribution in [0.2, 0.25) is 0 Å². The third-order valence-corrected chi connectivity index (χ3v) is 4.81. The molecule has 1 heterocycles. The number of rotatable bonds is 5. The normalized spacial score (nSPS) is 16.8. The molecule has 1 atom stereocenters. The fourth-order valence-electron chi connectivity index (χ4n) is 2.51. The van der Waals surface area contributed by atoms with Crippen LogP contribution in [0.3, 0.4) is 0 Å². The summed E-state index contributed by atoms with van der Waals surface area (Å²) in [6, 6.07) is 11.1. The number of allylic oxidation sites excluding steroid dienone is 1. The number of hydrogen-bond donors (Lipinski definition) is 3. The fourth-order valence-corrected chi connectivity index (χ4v) is 3.37. The highest BCUT2D eigenvalue weighted by atomic mass is 32.2. The molecule has 7 heteroatoms. The molecule has 0 aromatic heterocycles. The zero-order valence-corrected chi connectivity index (χ0v) is 14.3. The van der Waals surface area contributed by atoms with Crippen molar-refractivity contribution in [1.82, 2.24) is 5.32 Å². The monoisotopic (exact) mass is 369 g/mol. The molecule has 0 bridgehead atoms. The summed E-state index contributed by atoms with van der Waals surface area (Å²) in [5.74, 6) is -1.04. The third kappa shape index (κ3) is 4.12. The molecule has 1 saturated heterocycles. The quantitative estimate of drug-likeness (QED) is 0.425. The van der Waals surface area contributed by atoms with Gasteiger partial charge in [0, 0.05) is 5.56 Å². The topological polar surface area (TPSA) is 104 Å². The maximum Gasteiger partial charge on any atom is 0.286 e. The Morgan fingerprint density at radius 1 is 1.12 bits per heavy atom. The van der Waals surface area contributed by atoms with Crippen LogP contribution < -0.4 is 5.32 Å². The van der Waals surface area contributed by atoms with Crippen molar-refractivity contribution in [2.75, 3.05) is 0 Å². The van der Waals surface area contributed by atoms with E-state index in [0.717, 1.165) is 17.3 Å². The molecule has 2 aromatic carbocycles. The molecule has 0 saturated carbocycles. The van der Waals surface area contributed by atoms with Gasteiger partial charge in [-0.2, -0.15) is 0 Å². The zero-order valence-electron chi connectivity index (χ0n) is 13.5. The number of imide groups is 1. The number of carbonyl (C=O) groups is 3. The Morgan fingerprint density at radius 2 is 1.92 bits per heavy atom. The van der Waals surface area contributed by atoms with Gasteiger partial charge < -0.3 is 10.2 Å². The Morgan fingerprint density at radius 3 is 2.62 bits per heavy atom. The lowest BCUT2D eigenvalue weighted by molar-refractivity contribution is -0.118. The molecule has 0 spiro atoms. The van der Waals surface area contributed by atoms with Crippen LogP contribution in [0.15, 0.2) is 48.5 Å². The number of aromatic hydroxyl groups is 2. The van der Waals surface area contributed by atoms with E-state index < -0.39 is 5.25 Å². The summed E-state index contributed by atoms with van der Waals surface area (Å²) in [6.07, 6.45) is 3.26.